The summed E-state index contributed by atoms with van der Waals surface area (Å²) in [7, 11) is 1.62. The van der Waals surface area contributed by atoms with Gasteiger partial charge < -0.3 is 14.5 Å². The third-order valence-electron chi connectivity index (χ3n) is 4.92. The van der Waals surface area contributed by atoms with E-state index in [-0.39, 0.29) is 24.4 Å². The van der Waals surface area contributed by atoms with Gasteiger partial charge in [-0.05, 0) is 47.3 Å². The average molecular weight is 424 g/mol. The summed E-state index contributed by atoms with van der Waals surface area (Å²) < 4.78 is 19.4. The van der Waals surface area contributed by atoms with Crippen molar-refractivity contribution in [2.24, 2.45) is 5.16 Å². The number of carbonyl (C=O) groups is 1. The second-order valence-electron chi connectivity index (χ2n) is 6.95. The average Bonchev–Trinajstić information content (AvgIpc) is 3.47. The van der Waals surface area contributed by atoms with E-state index in [1.54, 1.807) is 36.3 Å². The van der Waals surface area contributed by atoms with E-state index in [4.69, 9.17) is 9.57 Å². The monoisotopic (exact) mass is 424 g/mol. The van der Waals surface area contributed by atoms with Crippen molar-refractivity contribution in [3.05, 3.63) is 87.9 Å². The maximum atomic E-state index is 14.2. The van der Waals surface area contributed by atoms with Crippen LogP contribution in [0.4, 0.5) is 4.39 Å². The van der Waals surface area contributed by atoms with Crippen LogP contribution in [-0.4, -0.2) is 36.3 Å². The maximum Gasteiger partial charge on any atom is 0.264 e. The molecule has 0 saturated carbocycles. The van der Waals surface area contributed by atoms with Crippen molar-refractivity contribution in [3.63, 3.8) is 0 Å². The van der Waals surface area contributed by atoms with Gasteiger partial charge in [0.2, 0.25) is 0 Å². The summed E-state index contributed by atoms with van der Waals surface area (Å²) >= 11 is 1.37. The van der Waals surface area contributed by atoms with Crippen molar-refractivity contribution >= 4 is 23.0 Å². The highest BCUT2D eigenvalue weighted by molar-refractivity contribution is 7.12. The van der Waals surface area contributed by atoms with Gasteiger partial charge in [0.1, 0.15) is 11.6 Å². The first-order valence-electron chi connectivity index (χ1n) is 9.57. The van der Waals surface area contributed by atoms with E-state index in [1.165, 1.54) is 17.4 Å². The fourth-order valence-electron chi connectivity index (χ4n) is 3.33. The van der Waals surface area contributed by atoms with E-state index >= 15 is 0 Å². The summed E-state index contributed by atoms with van der Waals surface area (Å²) in [4.78, 5) is 20.9. The van der Waals surface area contributed by atoms with E-state index in [0.717, 1.165) is 17.0 Å². The molecule has 2 aromatic carbocycles. The molecular weight excluding hydrogens is 403 g/mol. The van der Waals surface area contributed by atoms with E-state index in [1.807, 2.05) is 35.7 Å². The predicted octanol–water partition coefficient (Wildman–Crippen LogP) is 4.73. The van der Waals surface area contributed by atoms with Crippen LogP contribution in [0.3, 0.4) is 0 Å². The lowest BCUT2D eigenvalue weighted by atomic mass is 10.0. The van der Waals surface area contributed by atoms with Crippen LogP contribution >= 0.6 is 11.3 Å². The second kappa shape index (κ2) is 9.09. The third kappa shape index (κ3) is 4.52. The van der Waals surface area contributed by atoms with Crippen molar-refractivity contribution < 1.29 is 18.8 Å². The zero-order valence-corrected chi connectivity index (χ0v) is 17.3. The first-order valence-corrected chi connectivity index (χ1v) is 10.5. The van der Waals surface area contributed by atoms with Crippen LogP contribution < -0.4 is 4.74 Å². The minimum atomic E-state index is -0.330. The summed E-state index contributed by atoms with van der Waals surface area (Å²) in [5.74, 6) is 0.297. The number of oxime groups is 1. The molecule has 0 fully saturated rings. The quantitative estimate of drug-likeness (QED) is 0.551. The highest BCUT2D eigenvalue weighted by Gasteiger charge is 2.28. The summed E-state index contributed by atoms with van der Waals surface area (Å²) in [5.41, 5.74) is 2.23. The number of thiophene rings is 1. The van der Waals surface area contributed by atoms with E-state index in [2.05, 4.69) is 5.16 Å². The largest absolute Gasteiger partial charge is 0.497 e. The normalized spacial score (nSPS) is 15.4. The minimum absolute atomic E-state index is 0.144. The molecule has 0 bridgehead atoms. The number of halogens is 1. The lowest BCUT2D eigenvalue weighted by molar-refractivity contribution is 0.0406. The molecule has 7 heteroatoms. The molecule has 3 aromatic rings. The zero-order chi connectivity index (χ0) is 20.9. The molecule has 4 rings (SSSR count). The van der Waals surface area contributed by atoms with Crippen molar-refractivity contribution in [1.82, 2.24) is 4.90 Å². The van der Waals surface area contributed by atoms with Gasteiger partial charge in [0, 0.05) is 18.5 Å². The Kier molecular flexibility index (Phi) is 6.09. The van der Waals surface area contributed by atoms with E-state index in [0.29, 0.717) is 23.4 Å². The lowest BCUT2D eigenvalue weighted by Crippen LogP contribution is -2.37. The zero-order valence-electron chi connectivity index (χ0n) is 16.5. The van der Waals surface area contributed by atoms with Gasteiger partial charge >= 0.3 is 0 Å². The fraction of sp³-hybridized carbons (Fsp3) is 0.217. The molecule has 1 amide bonds. The number of ether oxygens (including phenoxy) is 1. The van der Waals surface area contributed by atoms with Gasteiger partial charge in [0.15, 0.2) is 6.10 Å². The van der Waals surface area contributed by atoms with Crippen LogP contribution in [0.15, 0.2) is 71.2 Å². The van der Waals surface area contributed by atoms with Crippen molar-refractivity contribution in [1.29, 1.82) is 0 Å². The molecule has 0 spiro atoms. The van der Waals surface area contributed by atoms with Crippen molar-refractivity contribution in [3.8, 4) is 5.75 Å². The summed E-state index contributed by atoms with van der Waals surface area (Å²) in [6.07, 6.45) is 0.274. The Bertz CT molecular complexity index is 1030. The Morgan fingerprint density at radius 2 is 2.00 bits per heavy atom. The van der Waals surface area contributed by atoms with Crippen LogP contribution in [0.2, 0.25) is 0 Å². The number of hydrogen-bond acceptors (Lipinski definition) is 5. The molecule has 30 heavy (non-hydrogen) atoms. The van der Waals surface area contributed by atoms with Crippen molar-refractivity contribution in [2.75, 3.05) is 13.7 Å². The standard InChI is InChI=1S/C23H21FN2O3S/c1-28-18-10-8-16(9-11-18)21-13-19(29-25-21)15-26(23(27)22-7-4-12-30-22)14-17-5-2-3-6-20(17)24/h2-12,19H,13-15H2,1H3. The first-order chi connectivity index (χ1) is 14.6. The number of hydrogen-bond donors (Lipinski definition) is 0. The minimum Gasteiger partial charge on any atom is -0.497 e. The number of carbonyl (C=O) groups excluding carboxylic acids is 1. The lowest BCUT2D eigenvalue weighted by Gasteiger charge is -2.24. The van der Waals surface area contributed by atoms with E-state index < -0.39 is 0 Å². The molecule has 2 heterocycles. The van der Waals surface area contributed by atoms with Gasteiger partial charge in [-0.2, -0.15) is 0 Å². The Hall–Kier alpha value is -3.19. The number of nitrogens with zero attached hydrogens (tertiary/aromatic N) is 2. The molecule has 1 aliphatic rings. The van der Waals surface area contributed by atoms with Crippen LogP contribution in [0.25, 0.3) is 0 Å². The summed E-state index contributed by atoms with van der Waals surface area (Å²) in [6, 6.07) is 17.7. The van der Waals surface area contributed by atoms with Gasteiger partial charge in [0.05, 0.1) is 24.2 Å². The van der Waals surface area contributed by atoms with Crippen LogP contribution in [0, 0.1) is 5.82 Å². The third-order valence-corrected chi connectivity index (χ3v) is 5.78. The number of amides is 1. The molecular formula is C23H21FN2O3S. The SMILES string of the molecule is COc1ccc(C2=NOC(CN(Cc3ccccc3F)C(=O)c3cccs3)C2)cc1. The van der Waals surface area contributed by atoms with Gasteiger partial charge in [0.25, 0.3) is 5.91 Å². The number of benzene rings is 2. The Labute approximate surface area is 178 Å². The molecule has 1 unspecified atom stereocenters. The van der Waals surface area contributed by atoms with Gasteiger partial charge in [-0.25, -0.2) is 4.39 Å². The summed E-state index contributed by atoms with van der Waals surface area (Å²) in [6.45, 7) is 0.482. The first kappa shape index (κ1) is 20.1. The van der Waals surface area contributed by atoms with E-state index in [9.17, 15) is 9.18 Å². The molecule has 5 nitrogen and oxygen atoms in total. The highest BCUT2D eigenvalue weighted by atomic mass is 32.1. The maximum absolute atomic E-state index is 14.2. The fourth-order valence-corrected chi connectivity index (χ4v) is 4.02. The van der Waals surface area contributed by atoms with Gasteiger partial charge in [-0.15, -0.1) is 11.3 Å². The number of methoxy groups -OCH3 is 1. The van der Waals surface area contributed by atoms with Crippen LogP contribution in [0.1, 0.15) is 27.2 Å². The topological polar surface area (TPSA) is 51.1 Å². The predicted molar refractivity (Wildman–Crippen MR) is 114 cm³/mol. The molecule has 1 aliphatic heterocycles. The molecule has 154 valence electrons. The molecule has 1 aromatic heterocycles. The summed E-state index contributed by atoms with van der Waals surface area (Å²) in [5, 5.41) is 6.06. The number of rotatable bonds is 7. The molecule has 0 radical (unpaired) electrons. The Balaban J connectivity index is 1.48. The Morgan fingerprint density at radius 1 is 1.20 bits per heavy atom. The molecule has 0 saturated heterocycles. The Morgan fingerprint density at radius 3 is 2.70 bits per heavy atom. The molecule has 0 N–H and O–H groups in total. The second-order valence-corrected chi connectivity index (χ2v) is 7.90. The van der Waals surface area contributed by atoms with Gasteiger partial charge in [-0.1, -0.05) is 29.4 Å². The van der Waals surface area contributed by atoms with Crippen LogP contribution in [0.5, 0.6) is 5.75 Å². The van der Waals surface area contributed by atoms with Gasteiger partial charge in [-0.3, -0.25) is 4.79 Å². The van der Waals surface area contributed by atoms with Crippen molar-refractivity contribution in [2.45, 2.75) is 19.1 Å². The molecule has 1 atom stereocenters. The van der Waals surface area contributed by atoms with Crippen LogP contribution in [-0.2, 0) is 11.4 Å². The smallest absolute Gasteiger partial charge is 0.264 e. The molecule has 0 aliphatic carbocycles. The highest BCUT2D eigenvalue weighted by Crippen LogP contribution is 2.22.